The van der Waals surface area contributed by atoms with Crippen molar-refractivity contribution in [1.82, 2.24) is 10.3 Å². The quantitative estimate of drug-likeness (QED) is 0.834. The number of aryl methyl sites for hydroxylation is 1. The Morgan fingerprint density at radius 2 is 2.06 bits per heavy atom. The summed E-state index contributed by atoms with van der Waals surface area (Å²) in [5.74, 6) is -0.798. The Bertz CT molecular complexity index is 424. The van der Waals surface area contributed by atoms with Gasteiger partial charge in [-0.3, -0.25) is 4.79 Å². The van der Waals surface area contributed by atoms with E-state index in [1.54, 1.807) is 25.2 Å². The lowest BCUT2D eigenvalue weighted by Crippen LogP contribution is -2.54. The predicted molar refractivity (Wildman–Crippen MR) is 73.8 cm³/mol. The first-order valence-corrected chi connectivity index (χ1v) is 6.94. The fraction of sp³-hybridized carbons (Fsp3) is 0.692. The molecule has 1 rings (SSSR count). The van der Waals surface area contributed by atoms with Crippen molar-refractivity contribution in [2.45, 2.75) is 53.1 Å². The number of carbonyl (C=O) groups is 1. The highest BCUT2D eigenvalue weighted by molar-refractivity contribution is 7.11. The van der Waals surface area contributed by atoms with Crippen LogP contribution in [0.25, 0.3) is 0 Å². The van der Waals surface area contributed by atoms with Gasteiger partial charge < -0.3 is 10.4 Å². The lowest BCUT2D eigenvalue weighted by molar-refractivity contribution is -0.151. The Hall–Kier alpha value is -0.940. The van der Waals surface area contributed by atoms with Gasteiger partial charge in [0.25, 0.3) is 0 Å². The zero-order valence-corrected chi connectivity index (χ0v) is 12.5. The van der Waals surface area contributed by atoms with Crippen LogP contribution >= 0.6 is 11.3 Å². The summed E-state index contributed by atoms with van der Waals surface area (Å²) in [6.45, 7) is 10.0. The zero-order chi connectivity index (χ0) is 14.0. The molecular weight excluding hydrogens is 248 g/mol. The summed E-state index contributed by atoms with van der Waals surface area (Å²) < 4.78 is 0. The van der Waals surface area contributed by atoms with Gasteiger partial charge in [-0.15, -0.1) is 11.3 Å². The molecule has 0 aliphatic heterocycles. The molecule has 1 aromatic rings. The molecule has 4 nitrogen and oxygen atoms in total. The maximum atomic E-state index is 11.3. The van der Waals surface area contributed by atoms with E-state index in [-0.39, 0.29) is 0 Å². The van der Waals surface area contributed by atoms with Crippen molar-refractivity contribution in [3.8, 4) is 0 Å². The van der Waals surface area contributed by atoms with E-state index < -0.39 is 16.9 Å². The van der Waals surface area contributed by atoms with E-state index in [4.69, 9.17) is 0 Å². The molecule has 0 aliphatic carbocycles. The molecule has 0 amide bonds. The molecule has 0 radical (unpaired) electrons. The number of thiazole rings is 1. The minimum atomic E-state index is -0.835. The summed E-state index contributed by atoms with van der Waals surface area (Å²) in [4.78, 5) is 16.9. The lowest BCUT2D eigenvalue weighted by atomic mass is 9.74. The second kappa shape index (κ2) is 5.36. The predicted octanol–water partition coefficient (Wildman–Crippen LogP) is 2.68. The van der Waals surface area contributed by atoms with Crippen molar-refractivity contribution >= 4 is 17.3 Å². The van der Waals surface area contributed by atoms with E-state index >= 15 is 0 Å². The maximum absolute atomic E-state index is 11.3. The summed E-state index contributed by atoms with van der Waals surface area (Å²) in [6.07, 6.45) is 2.87. The SMILES string of the molecule is CCc1cnc(CNC(C)(C)C(C)(C)C(=O)O)s1. The standard InChI is InChI=1S/C13H22N2O2S/c1-6-9-7-14-10(18-9)8-15-13(4,5)12(2,3)11(16)17/h7,15H,6,8H2,1-5H3,(H,16,17). The van der Waals surface area contributed by atoms with Crippen molar-refractivity contribution in [2.75, 3.05) is 0 Å². The topological polar surface area (TPSA) is 62.2 Å². The highest BCUT2D eigenvalue weighted by Crippen LogP contribution is 2.31. The minimum absolute atomic E-state index is 0.503. The van der Waals surface area contributed by atoms with Gasteiger partial charge in [0.1, 0.15) is 5.01 Å². The van der Waals surface area contributed by atoms with Crippen LogP contribution in [0, 0.1) is 5.41 Å². The summed E-state index contributed by atoms with van der Waals surface area (Å²) in [5, 5.41) is 13.6. The van der Waals surface area contributed by atoms with Crippen molar-refractivity contribution in [3.05, 3.63) is 16.1 Å². The third-order valence-electron chi connectivity index (χ3n) is 3.73. The zero-order valence-electron chi connectivity index (χ0n) is 11.7. The fourth-order valence-electron chi connectivity index (χ4n) is 1.38. The highest BCUT2D eigenvalue weighted by Gasteiger charge is 2.43. The van der Waals surface area contributed by atoms with Crippen LogP contribution < -0.4 is 5.32 Å². The average Bonchev–Trinajstić information content (AvgIpc) is 2.74. The first-order chi connectivity index (χ1) is 8.20. The van der Waals surface area contributed by atoms with E-state index in [1.165, 1.54) is 4.88 Å². The number of aromatic nitrogens is 1. The van der Waals surface area contributed by atoms with Crippen LogP contribution in [0.5, 0.6) is 0 Å². The molecule has 2 N–H and O–H groups in total. The Balaban J connectivity index is 2.69. The van der Waals surface area contributed by atoms with Crippen molar-refractivity contribution < 1.29 is 9.90 Å². The molecular formula is C13H22N2O2S. The van der Waals surface area contributed by atoms with E-state index in [0.717, 1.165) is 11.4 Å². The summed E-state index contributed by atoms with van der Waals surface area (Å²) >= 11 is 1.67. The number of nitrogens with one attached hydrogen (secondary N) is 1. The molecule has 0 fully saturated rings. The lowest BCUT2D eigenvalue weighted by Gasteiger charge is -2.38. The first kappa shape index (κ1) is 15.1. The van der Waals surface area contributed by atoms with Gasteiger partial charge in [0.05, 0.1) is 5.41 Å². The Morgan fingerprint density at radius 1 is 1.44 bits per heavy atom. The number of aliphatic carboxylic acids is 1. The van der Waals surface area contributed by atoms with Crippen LogP contribution in [0.2, 0.25) is 0 Å². The molecule has 18 heavy (non-hydrogen) atoms. The molecule has 0 unspecified atom stereocenters. The third-order valence-corrected chi connectivity index (χ3v) is 4.87. The third kappa shape index (κ3) is 3.09. The molecule has 0 aromatic carbocycles. The molecule has 0 aliphatic rings. The number of carboxylic acid groups (broad SMARTS) is 1. The van der Waals surface area contributed by atoms with Gasteiger partial charge in [-0.2, -0.15) is 0 Å². The molecule has 0 spiro atoms. The Labute approximate surface area is 112 Å². The summed E-state index contributed by atoms with van der Waals surface area (Å²) in [5.41, 5.74) is -1.34. The average molecular weight is 270 g/mol. The van der Waals surface area contributed by atoms with Crippen LogP contribution in [0.1, 0.15) is 44.5 Å². The van der Waals surface area contributed by atoms with E-state index in [2.05, 4.69) is 17.2 Å². The molecule has 0 bridgehead atoms. The second-order valence-corrected chi connectivity index (χ2v) is 6.68. The molecule has 1 aromatic heterocycles. The smallest absolute Gasteiger partial charge is 0.310 e. The molecule has 5 heteroatoms. The molecule has 0 atom stereocenters. The van der Waals surface area contributed by atoms with Crippen molar-refractivity contribution in [1.29, 1.82) is 0 Å². The monoisotopic (exact) mass is 270 g/mol. The van der Waals surface area contributed by atoms with E-state index in [0.29, 0.717) is 6.54 Å². The number of rotatable bonds is 6. The van der Waals surface area contributed by atoms with Crippen molar-refractivity contribution in [2.24, 2.45) is 5.41 Å². The molecule has 0 saturated carbocycles. The first-order valence-electron chi connectivity index (χ1n) is 6.12. The number of nitrogens with zero attached hydrogens (tertiary/aromatic N) is 1. The summed E-state index contributed by atoms with van der Waals surface area (Å²) in [7, 11) is 0. The highest BCUT2D eigenvalue weighted by atomic mass is 32.1. The van der Waals surface area contributed by atoms with Gasteiger partial charge in [0, 0.05) is 23.2 Å². The Morgan fingerprint density at radius 3 is 2.50 bits per heavy atom. The number of hydrogen-bond acceptors (Lipinski definition) is 4. The number of carboxylic acids is 1. The van der Waals surface area contributed by atoms with Crippen LogP contribution in [0.4, 0.5) is 0 Å². The van der Waals surface area contributed by atoms with Crippen LogP contribution in [-0.2, 0) is 17.8 Å². The van der Waals surface area contributed by atoms with E-state index in [1.807, 2.05) is 20.0 Å². The van der Waals surface area contributed by atoms with Crippen LogP contribution in [0.3, 0.4) is 0 Å². The minimum Gasteiger partial charge on any atom is -0.481 e. The fourth-order valence-corrected chi connectivity index (χ4v) is 2.18. The van der Waals surface area contributed by atoms with E-state index in [9.17, 15) is 9.90 Å². The van der Waals surface area contributed by atoms with Crippen LogP contribution in [0.15, 0.2) is 6.20 Å². The van der Waals surface area contributed by atoms with Gasteiger partial charge in [-0.1, -0.05) is 6.92 Å². The van der Waals surface area contributed by atoms with Crippen molar-refractivity contribution in [3.63, 3.8) is 0 Å². The van der Waals surface area contributed by atoms with Gasteiger partial charge in [0.2, 0.25) is 0 Å². The van der Waals surface area contributed by atoms with Gasteiger partial charge in [0.15, 0.2) is 0 Å². The molecule has 1 heterocycles. The second-order valence-electron chi connectivity index (χ2n) is 5.48. The van der Waals surface area contributed by atoms with Crippen LogP contribution in [-0.4, -0.2) is 21.6 Å². The number of hydrogen-bond donors (Lipinski definition) is 2. The normalized spacial score (nSPS) is 12.7. The largest absolute Gasteiger partial charge is 0.481 e. The Kier molecular flexibility index (Phi) is 4.50. The molecule has 102 valence electrons. The van der Waals surface area contributed by atoms with Gasteiger partial charge in [-0.25, -0.2) is 4.98 Å². The maximum Gasteiger partial charge on any atom is 0.310 e. The van der Waals surface area contributed by atoms with Gasteiger partial charge in [-0.05, 0) is 34.1 Å². The molecule has 0 saturated heterocycles. The van der Waals surface area contributed by atoms with Gasteiger partial charge >= 0.3 is 5.97 Å². The summed E-state index contributed by atoms with van der Waals surface area (Å²) in [6, 6.07) is 0.